The van der Waals surface area contributed by atoms with Crippen LogP contribution in [0.2, 0.25) is 0 Å². The Labute approximate surface area is 132 Å². The third-order valence-corrected chi connectivity index (χ3v) is 2.46. The molecule has 0 fully saturated rings. The van der Waals surface area contributed by atoms with Crippen LogP contribution in [-0.2, 0) is 16.3 Å². The SMILES string of the molecule is CC(C)NC(=O)OC[n+]1cccc(C(=O)NCCO[N+](=O)O)c1. The Hall–Kier alpha value is -2.91. The molecule has 0 aromatic carbocycles. The first-order valence-electron chi connectivity index (χ1n) is 6.88. The number of carbonyl (C=O) groups is 2. The molecular weight excluding hydrogens is 308 g/mol. The summed E-state index contributed by atoms with van der Waals surface area (Å²) in [4.78, 5) is 37.5. The minimum atomic E-state index is -0.678. The van der Waals surface area contributed by atoms with E-state index in [0.29, 0.717) is 5.56 Å². The molecule has 0 aliphatic carbocycles. The van der Waals surface area contributed by atoms with Crippen molar-refractivity contribution in [3.63, 3.8) is 0 Å². The predicted octanol–water partition coefficient (Wildman–Crippen LogP) is -0.104. The van der Waals surface area contributed by atoms with Gasteiger partial charge in [0, 0.05) is 12.1 Å². The van der Waals surface area contributed by atoms with Crippen molar-refractivity contribution >= 4 is 12.0 Å². The fourth-order valence-corrected chi connectivity index (χ4v) is 1.54. The second-order valence-corrected chi connectivity index (χ2v) is 4.79. The van der Waals surface area contributed by atoms with Crippen LogP contribution in [0.15, 0.2) is 24.5 Å². The molecule has 0 saturated carbocycles. The van der Waals surface area contributed by atoms with Gasteiger partial charge in [0.25, 0.3) is 12.6 Å². The summed E-state index contributed by atoms with van der Waals surface area (Å²) in [6.45, 7) is 3.45. The van der Waals surface area contributed by atoms with Crippen molar-refractivity contribution in [1.82, 2.24) is 10.6 Å². The Morgan fingerprint density at radius 1 is 1.43 bits per heavy atom. The summed E-state index contributed by atoms with van der Waals surface area (Å²) in [7, 11) is 0. The van der Waals surface area contributed by atoms with E-state index in [0.717, 1.165) is 0 Å². The van der Waals surface area contributed by atoms with Crippen LogP contribution in [0.25, 0.3) is 0 Å². The highest BCUT2D eigenvalue weighted by atomic mass is 16.9. The van der Waals surface area contributed by atoms with Crippen LogP contribution in [0.5, 0.6) is 0 Å². The van der Waals surface area contributed by atoms with Crippen LogP contribution in [0.1, 0.15) is 24.2 Å². The number of hydrogen-bond acceptors (Lipinski definition) is 5. The molecule has 126 valence electrons. The molecule has 2 amide bonds. The summed E-state index contributed by atoms with van der Waals surface area (Å²) in [5.74, 6) is -0.398. The molecule has 23 heavy (non-hydrogen) atoms. The summed E-state index contributed by atoms with van der Waals surface area (Å²) in [6, 6.07) is 3.17. The molecule has 0 spiro atoms. The van der Waals surface area contributed by atoms with Gasteiger partial charge in [-0.25, -0.2) is 10.0 Å². The first kappa shape index (κ1) is 18.1. The Morgan fingerprint density at radius 3 is 2.83 bits per heavy atom. The molecule has 3 N–H and O–H groups in total. The van der Waals surface area contributed by atoms with E-state index in [-0.39, 0.29) is 25.9 Å². The minimum Gasteiger partial charge on any atom is -0.388 e. The van der Waals surface area contributed by atoms with E-state index < -0.39 is 17.1 Å². The molecule has 0 radical (unpaired) electrons. The molecule has 1 heterocycles. The quantitative estimate of drug-likeness (QED) is 0.348. The second kappa shape index (κ2) is 9.18. The number of hydrogen-bond donors (Lipinski definition) is 3. The van der Waals surface area contributed by atoms with Crippen LogP contribution in [0.3, 0.4) is 0 Å². The van der Waals surface area contributed by atoms with Gasteiger partial charge in [0.05, 0.1) is 6.54 Å². The van der Waals surface area contributed by atoms with Crippen molar-refractivity contribution in [2.24, 2.45) is 0 Å². The molecule has 10 nitrogen and oxygen atoms in total. The van der Waals surface area contributed by atoms with Crippen LogP contribution in [0, 0.1) is 4.91 Å². The molecule has 0 saturated heterocycles. The monoisotopic (exact) mass is 328 g/mol. The fraction of sp³-hybridized carbons (Fsp3) is 0.462. The number of alkyl carbamates (subject to hydrolysis) is 1. The number of aromatic nitrogens is 1. The smallest absolute Gasteiger partial charge is 0.388 e. The lowest BCUT2D eigenvalue weighted by Crippen LogP contribution is -2.40. The standard InChI is InChI=1S/C13H18N4O6/c1-10(2)15-13(19)22-9-16-6-3-4-11(8-16)12(18)14-5-7-23-17(20)21/h3-4,6,8,10H,5,7,9H2,1-2H3,(H-2,14,15,18,19,20,21)/p+2. The highest BCUT2D eigenvalue weighted by molar-refractivity contribution is 5.93. The average Bonchev–Trinajstić information content (AvgIpc) is 2.49. The second-order valence-electron chi connectivity index (χ2n) is 4.79. The van der Waals surface area contributed by atoms with Crippen molar-refractivity contribution < 1.29 is 34.0 Å². The van der Waals surface area contributed by atoms with E-state index in [4.69, 9.17) is 9.94 Å². The zero-order valence-corrected chi connectivity index (χ0v) is 12.9. The highest BCUT2D eigenvalue weighted by Crippen LogP contribution is 1.94. The lowest BCUT2D eigenvalue weighted by atomic mass is 10.2. The number of rotatable bonds is 8. The van der Waals surface area contributed by atoms with Gasteiger partial charge in [0.15, 0.2) is 19.0 Å². The zero-order chi connectivity index (χ0) is 17.2. The van der Waals surface area contributed by atoms with Crippen LogP contribution in [0.4, 0.5) is 4.79 Å². The van der Waals surface area contributed by atoms with Gasteiger partial charge in [-0.2, -0.15) is 9.40 Å². The lowest BCUT2D eigenvalue weighted by molar-refractivity contribution is -0.975. The fourth-order valence-electron chi connectivity index (χ4n) is 1.54. The van der Waals surface area contributed by atoms with Crippen molar-refractivity contribution in [1.29, 1.82) is 0 Å². The Balaban J connectivity index is 2.47. The van der Waals surface area contributed by atoms with Crippen molar-refractivity contribution in [2.75, 3.05) is 13.2 Å². The lowest BCUT2D eigenvalue weighted by Gasteiger charge is -2.07. The van der Waals surface area contributed by atoms with Gasteiger partial charge in [0.2, 0.25) is 0 Å². The van der Waals surface area contributed by atoms with Crippen molar-refractivity contribution in [3.8, 4) is 0 Å². The van der Waals surface area contributed by atoms with Crippen molar-refractivity contribution in [3.05, 3.63) is 35.0 Å². The molecular formula is C13H20N4O6+2. The number of carbonyl (C=O) groups excluding carboxylic acids is 2. The van der Waals surface area contributed by atoms with Crippen LogP contribution in [-0.4, -0.2) is 41.5 Å². The normalized spacial score (nSPS) is 10.0. The molecule has 0 unspecified atom stereocenters. The van der Waals surface area contributed by atoms with Gasteiger partial charge < -0.3 is 15.4 Å². The van der Waals surface area contributed by atoms with Crippen molar-refractivity contribution in [2.45, 2.75) is 26.6 Å². The van der Waals surface area contributed by atoms with Gasteiger partial charge in [-0.05, 0) is 19.9 Å². The zero-order valence-electron chi connectivity index (χ0n) is 12.9. The first-order valence-corrected chi connectivity index (χ1v) is 6.88. The molecule has 1 aromatic rings. The Kier molecular flexibility index (Phi) is 7.24. The molecule has 1 rings (SSSR count). The number of amides is 2. The van der Waals surface area contributed by atoms with E-state index >= 15 is 0 Å². The highest BCUT2D eigenvalue weighted by Gasteiger charge is 2.13. The summed E-state index contributed by atoms with van der Waals surface area (Å²) in [5, 5.41) is 12.6. The van der Waals surface area contributed by atoms with E-state index in [1.807, 2.05) is 13.8 Å². The van der Waals surface area contributed by atoms with E-state index in [1.54, 1.807) is 18.3 Å². The van der Waals surface area contributed by atoms with E-state index in [2.05, 4.69) is 15.5 Å². The largest absolute Gasteiger partial charge is 0.475 e. The number of nitrogens with zero attached hydrogens (tertiary/aromatic N) is 2. The number of ether oxygens (including phenoxy) is 1. The molecule has 1 aromatic heterocycles. The molecule has 0 aliphatic heterocycles. The maximum absolute atomic E-state index is 11.9. The minimum absolute atomic E-state index is 0.0317. The molecule has 10 heteroatoms. The van der Waals surface area contributed by atoms with E-state index in [9.17, 15) is 14.5 Å². The van der Waals surface area contributed by atoms with Gasteiger partial charge in [0.1, 0.15) is 10.5 Å². The van der Waals surface area contributed by atoms with Gasteiger partial charge in [-0.1, -0.05) is 0 Å². The third kappa shape index (κ3) is 7.60. The topological polar surface area (TPSA) is 121 Å². The van der Waals surface area contributed by atoms with Gasteiger partial charge in [-0.3, -0.25) is 4.79 Å². The first-order chi connectivity index (χ1) is 10.9. The average molecular weight is 328 g/mol. The maximum Gasteiger partial charge on any atom is 0.475 e. The summed E-state index contributed by atoms with van der Waals surface area (Å²) < 4.78 is 6.52. The Morgan fingerprint density at radius 2 is 2.17 bits per heavy atom. The van der Waals surface area contributed by atoms with Gasteiger partial charge >= 0.3 is 11.2 Å². The summed E-state index contributed by atoms with van der Waals surface area (Å²) in [6.07, 6.45) is 2.60. The number of nitrogens with one attached hydrogen (secondary N) is 2. The predicted molar refractivity (Wildman–Crippen MR) is 75.1 cm³/mol. The molecule has 0 bridgehead atoms. The number of pyridine rings is 1. The van der Waals surface area contributed by atoms with Gasteiger partial charge in [-0.15, -0.1) is 0 Å². The summed E-state index contributed by atoms with van der Waals surface area (Å²) in [5.41, 5.74) is 0.336. The molecule has 0 aliphatic rings. The maximum atomic E-state index is 11.9. The van der Waals surface area contributed by atoms with E-state index in [1.165, 1.54) is 10.8 Å². The van der Waals surface area contributed by atoms with Crippen LogP contribution >= 0.6 is 0 Å². The molecule has 0 atom stereocenters. The Bertz CT molecular complexity index is 563. The third-order valence-electron chi connectivity index (χ3n) is 2.46. The summed E-state index contributed by atoms with van der Waals surface area (Å²) >= 11 is 0. The van der Waals surface area contributed by atoms with Crippen LogP contribution < -0.4 is 15.2 Å².